The number of halogens is 1. The molecule has 1 N–H and O–H groups in total. The molecule has 1 aliphatic heterocycles. The molecular formula is C13H10ClNO2. The Bertz CT molecular complexity index is 563. The van der Waals surface area contributed by atoms with Gasteiger partial charge in [-0.15, -0.1) is 11.6 Å². The second-order valence-corrected chi connectivity index (χ2v) is 4.46. The van der Waals surface area contributed by atoms with Gasteiger partial charge in [0.1, 0.15) is 11.1 Å². The molecule has 4 heteroatoms. The Kier molecular flexibility index (Phi) is 2.41. The third-order valence-corrected chi connectivity index (χ3v) is 3.31. The van der Waals surface area contributed by atoms with Crippen molar-refractivity contribution in [3.63, 3.8) is 0 Å². The van der Waals surface area contributed by atoms with E-state index in [-0.39, 0.29) is 11.3 Å². The number of rotatable bonds is 2. The van der Waals surface area contributed by atoms with Gasteiger partial charge >= 0.3 is 0 Å². The lowest BCUT2D eigenvalue weighted by atomic mass is 10.0. The van der Waals surface area contributed by atoms with E-state index in [0.717, 1.165) is 16.8 Å². The summed E-state index contributed by atoms with van der Waals surface area (Å²) < 4.78 is 5.28. The van der Waals surface area contributed by atoms with Crippen LogP contribution in [-0.2, 0) is 11.2 Å². The molecule has 1 aromatic carbocycles. The SMILES string of the molecule is O=C1Cc2cc(C(Cl)c3ccco3)ccc2N1. The van der Waals surface area contributed by atoms with Crippen LogP contribution in [-0.4, -0.2) is 5.91 Å². The van der Waals surface area contributed by atoms with E-state index in [9.17, 15) is 4.79 Å². The van der Waals surface area contributed by atoms with Crippen LogP contribution in [0, 0.1) is 0 Å². The standard InChI is InChI=1S/C13H10ClNO2/c14-13(11-2-1-5-17-11)8-3-4-10-9(6-8)7-12(16)15-10/h1-6,13H,7H2,(H,15,16). The fourth-order valence-electron chi connectivity index (χ4n) is 2.01. The highest BCUT2D eigenvalue weighted by atomic mass is 35.5. The number of benzene rings is 1. The van der Waals surface area contributed by atoms with Crippen molar-refractivity contribution in [1.82, 2.24) is 0 Å². The van der Waals surface area contributed by atoms with Crippen LogP contribution in [0.25, 0.3) is 0 Å². The van der Waals surface area contributed by atoms with Crippen molar-refractivity contribution in [1.29, 1.82) is 0 Å². The van der Waals surface area contributed by atoms with Crippen molar-refractivity contribution in [2.75, 3.05) is 5.32 Å². The zero-order valence-electron chi connectivity index (χ0n) is 8.94. The van der Waals surface area contributed by atoms with Crippen molar-refractivity contribution in [2.45, 2.75) is 11.8 Å². The van der Waals surface area contributed by atoms with E-state index in [2.05, 4.69) is 5.32 Å². The minimum atomic E-state index is -0.314. The van der Waals surface area contributed by atoms with E-state index in [0.29, 0.717) is 12.2 Å². The molecule has 17 heavy (non-hydrogen) atoms. The second-order valence-electron chi connectivity index (χ2n) is 4.02. The maximum atomic E-state index is 11.2. The Balaban J connectivity index is 1.95. The lowest BCUT2D eigenvalue weighted by Gasteiger charge is -2.08. The zero-order chi connectivity index (χ0) is 11.8. The topological polar surface area (TPSA) is 42.2 Å². The molecule has 1 aromatic heterocycles. The highest BCUT2D eigenvalue weighted by molar-refractivity contribution is 6.22. The van der Waals surface area contributed by atoms with Crippen molar-refractivity contribution < 1.29 is 9.21 Å². The first kappa shape index (κ1) is 10.4. The Morgan fingerprint density at radius 3 is 3.00 bits per heavy atom. The van der Waals surface area contributed by atoms with Crippen LogP contribution >= 0.6 is 11.6 Å². The molecule has 0 spiro atoms. The summed E-state index contributed by atoms with van der Waals surface area (Å²) in [7, 11) is 0. The van der Waals surface area contributed by atoms with Gasteiger partial charge in [0.2, 0.25) is 5.91 Å². The van der Waals surface area contributed by atoms with Gasteiger partial charge in [-0.2, -0.15) is 0 Å². The lowest BCUT2D eigenvalue weighted by Crippen LogP contribution is -2.03. The smallest absolute Gasteiger partial charge is 0.228 e. The van der Waals surface area contributed by atoms with Crippen molar-refractivity contribution >= 4 is 23.2 Å². The summed E-state index contributed by atoms with van der Waals surface area (Å²) >= 11 is 6.31. The summed E-state index contributed by atoms with van der Waals surface area (Å²) in [6.45, 7) is 0. The summed E-state index contributed by atoms with van der Waals surface area (Å²) in [6, 6.07) is 9.39. The first-order valence-electron chi connectivity index (χ1n) is 5.34. The predicted molar refractivity (Wildman–Crippen MR) is 65.2 cm³/mol. The highest BCUT2D eigenvalue weighted by Gasteiger charge is 2.20. The Morgan fingerprint density at radius 2 is 2.24 bits per heavy atom. The van der Waals surface area contributed by atoms with Crippen LogP contribution in [0.4, 0.5) is 5.69 Å². The van der Waals surface area contributed by atoms with E-state index >= 15 is 0 Å². The van der Waals surface area contributed by atoms with Gasteiger partial charge in [0, 0.05) is 5.69 Å². The van der Waals surface area contributed by atoms with Crippen LogP contribution in [0.15, 0.2) is 41.0 Å². The molecule has 1 atom stereocenters. The molecule has 0 fully saturated rings. The number of furan rings is 1. The second kappa shape index (κ2) is 3.93. The molecule has 1 aliphatic rings. The van der Waals surface area contributed by atoms with Gasteiger partial charge < -0.3 is 9.73 Å². The molecule has 0 bridgehead atoms. The first-order chi connectivity index (χ1) is 8.24. The number of anilines is 1. The van der Waals surface area contributed by atoms with Crippen molar-refractivity contribution in [3.05, 3.63) is 53.5 Å². The van der Waals surface area contributed by atoms with E-state index in [1.165, 1.54) is 0 Å². The van der Waals surface area contributed by atoms with Crippen LogP contribution in [0.1, 0.15) is 22.3 Å². The largest absolute Gasteiger partial charge is 0.467 e. The van der Waals surface area contributed by atoms with Gasteiger partial charge in [0.05, 0.1) is 12.7 Å². The van der Waals surface area contributed by atoms with Gasteiger partial charge in [-0.1, -0.05) is 12.1 Å². The average molecular weight is 248 g/mol. The Labute approximate surface area is 103 Å². The fourth-order valence-corrected chi connectivity index (χ4v) is 2.27. The molecule has 2 aromatic rings. The minimum Gasteiger partial charge on any atom is -0.467 e. The molecule has 3 nitrogen and oxygen atoms in total. The first-order valence-corrected chi connectivity index (χ1v) is 5.78. The van der Waals surface area contributed by atoms with Crippen LogP contribution in [0.5, 0.6) is 0 Å². The monoisotopic (exact) mass is 247 g/mol. The lowest BCUT2D eigenvalue weighted by molar-refractivity contribution is -0.115. The predicted octanol–water partition coefficient (Wildman–Crippen LogP) is 3.10. The van der Waals surface area contributed by atoms with Gasteiger partial charge in [-0.05, 0) is 29.3 Å². The van der Waals surface area contributed by atoms with Gasteiger partial charge in [0.25, 0.3) is 0 Å². The minimum absolute atomic E-state index is 0.0290. The molecular weight excluding hydrogens is 238 g/mol. The Hall–Kier alpha value is -1.74. The molecule has 1 amide bonds. The number of hydrogen-bond donors (Lipinski definition) is 1. The quantitative estimate of drug-likeness (QED) is 0.829. The molecule has 0 aliphatic carbocycles. The Morgan fingerprint density at radius 1 is 1.35 bits per heavy atom. The number of nitrogens with one attached hydrogen (secondary N) is 1. The van der Waals surface area contributed by atoms with Gasteiger partial charge in [-0.25, -0.2) is 0 Å². The molecule has 0 saturated carbocycles. The summed E-state index contributed by atoms with van der Waals surface area (Å²) in [6.07, 6.45) is 2.02. The summed E-state index contributed by atoms with van der Waals surface area (Å²) in [5, 5.41) is 2.48. The molecule has 1 unspecified atom stereocenters. The van der Waals surface area contributed by atoms with Crippen LogP contribution in [0.3, 0.4) is 0 Å². The maximum Gasteiger partial charge on any atom is 0.228 e. The number of hydrogen-bond acceptors (Lipinski definition) is 2. The summed E-state index contributed by atoms with van der Waals surface area (Å²) in [5.74, 6) is 0.741. The normalized spacial score (nSPS) is 15.5. The number of carbonyl (C=O) groups excluding carboxylic acids is 1. The van der Waals surface area contributed by atoms with E-state index in [1.54, 1.807) is 6.26 Å². The van der Waals surface area contributed by atoms with Crippen LogP contribution < -0.4 is 5.32 Å². The highest BCUT2D eigenvalue weighted by Crippen LogP contribution is 2.33. The number of carbonyl (C=O) groups is 1. The van der Waals surface area contributed by atoms with E-state index < -0.39 is 0 Å². The third-order valence-electron chi connectivity index (χ3n) is 2.84. The number of amides is 1. The van der Waals surface area contributed by atoms with Crippen molar-refractivity contribution in [2.24, 2.45) is 0 Å². The number of alkyl halides is 1. The maximum absolute atomic E-state index is 11.2. The molecule has 2 heterocycles. The third kappa shape index (κ3) is 1.83. The fraction of sp³-hybridized carbons (Fsp3) is 0.154. The summed E-state index contributed by atoms with van der Waals surface area (Å²) in [4.78, 5) is 11.2. The van der Waals surface area contributed by atoms with Gasteiger partial charge in [-0.3, -0.25) is 4.79 Å². The molecule has 0 radical (unpaired) electrons. The van der Waals surface area contributed by atoms with Crippen molar-refractivity contribution in [3.8, 4) is 0 Å². The van der Waals surface area contributed by atoms with Gasteiger partial charge in [0.15, 0.2) is 0 Å². The number of fused-ring (bicyclic) bond motifs is 1. The van der Waals surface area contributed by atoms with E-state index in [1.807, 2.05) is 30.3 Å². The average Bonchev–Trinajstić information content (AvgIpc) is 2.94. The molecule has 0 saturated heterocycles. The summed E-state index contributed by atoms with van der Waals surface area (Å²) in [5.41, 5.74) is 2.81. The molecule has 86 valence electrons. The van der Waals surface area contributed by atoms with Crippen LogP contribution in [0.2, 0.25) is 0 Å². The zero-order valence-corrected chi connectivity index (χ0v) is 9.70. The molecule has 3 rings (SSSR count). The van der Waals surface area contributed by atoms with E-state index in [4.69, 9.17) is 16.0 Å².